The highest BCUT2D eigenvalue weighted by Gasteiger charge is 1.97. The van der Waals surface area contributed by atoms with Crippen molar-refractivity contribution in [1.82, 2.24) is 0 Å². The number of fused-ring (bicyclic) bond motifs is 1. The second-order valence-electron chi connectivity index (χ2n) is 3.14. The molecule has 2 heteroatoms. The van der Waals surface area contributed by atoms with E-state index >= 15 is 0 Å². The van der Waals surface area contributed by atoms with Gasteiger partial charge in [0.15, 0.2) is 0 Å². The molecule has 0 saturated heterocycles. The minimum absolute atomic E-state index is 0.952. The fourth-order valence-corrected chi connectivity index (χ4v) is 1.76. The largest absolute Gasteiger partial charge is 0.384 e. The molecule has 1 nitrogen and oxygen atoms in total. The lowest BCUT2D eigenvalue weighted by Gasteiger charge is -2.07. The van der Waals surface area contributed by atoms with Gasteiger partial charge >= 0.3 is 0 Å². The fourth-order valence-electron chi connectivity index (χ4n) is 1.56. The molecule has 0 atom stereocenters. The molecule has 1 N–H and O–H groups in total. The van der Waals surface area contributed by atoms with Crippen molar-refractivity contribution in [3.63, 3.8) is 0 Å². The van der Waals surface area contributed by atoms with Crippen LogP contribution in [0, 0.1) is 0 Å². The Morgan fingerprint density at radius 3 is 2.64 bits per heavy atom. The van der Waals surface area contributed by atoms with Crippen molar-refractivity contribution in [2.75, 3.05) is 17.2 Å². The van der Waals surface area contributed by atoms with Gasteiger partial charge in [0.25, 0.3) is 0 Å². The van der Waals surface area contributed by atoms with Crippen molar-refractivity contribution in [2.45, 2.75) is 0 Å². The zero-order valence-corrected chi connectivity index (χ0v) is 9.42. The minimum Gasteiger partial charge on any atom is -0.384 e. The zero-order chi connectivity index (χ0) is 9.80. The molecule has 0 spiro atoms. The van der Waals surface area contributed by atoms with E-state index in [-0.39, 0.29) is 0 Å². The summed E-state index contributed by atoms with van der Waals surface area (Å²) in [5.41, 5.74) is 1.21. The molecular weight excluding hydrogens is 238 g/mol. The Bertz CT molecular complexity index is 420. The van der Waals surface area contributed by atoms with Crippen molar-refractivity contribution in [2.24, 2.45) is 0 Å². The Balaban J connectivity index is 2.43. The number of anilines is 1. The Hall–Kier alpha value is -1.02. The van der Waals surface area contributed by atoms with E-state index in [2.05, 4.69) is 63.7 Å². The van der Waals surface area contributed by atoms with Crippen LogP contribution in [-0.2, 0) is 0 Å². The Kier molecular flexibility index (Phi) is 3.04. The van der Waals surface area contributed by atoms with Gasteiger partial charge in [-0.15, -0.1) is 0 Å². The summed E-state index contributed by atoms with van der Waals surface area (Å²) in [5.74, 6) is 0. The van der Waals surface area contributed by atoms with Crippen LogP contribution in [0.1, 0.15) is 0 Å². The summed E-state index contributed by atoms with van der Waals surface area (Å²) in [6, 6.07) is 14.7. The highest BCUT2D eigenvalue weighted by Crippen LogP contribution is 2.22. The molecule has 0 aliphatic heterocycles. The first-order valence-corrected chi connectivity index (χ1v) is 5.81. The number of halogens is 1. The lowest BCUT2D eigenvalue weighted by molar-refractivity contribution is 1.25. The van der Waals surface area contributed by atoms with Gasteiger partial charge in [-0.3, -0.25) is 0 Å². The monoisotopic (exact) mass is 249 g/mol. The summed E-state index contributed by atoms with van der Waals surface area (Å²) >= 11 is 3.41. The summed E-state index contributed by atoms with van der Waals surface area (Å²) in [6.45, 7) is 0.952. The van der Waals surface area contributed by atoms with Crippen LogP contribution in [-0.4, -0.2) is 11.9 Å². The molecule has 0 aliphatic rings. The standard InChI is InChI=1S/C12H12BrN/c13-8-9-14-12-7-3-5-10-4-1-2-6-11(10)12/h1-7,14H,8-9H2. The first kappa shape index (κ1) is 9.53. The SMILES string of the molecule is BrCCNc1cccc2ccccc12. The van der Waals surface area contributed by atoms with Crippen LogP contribution in [0.5, 0.6) is 0 Å². The highest BCUT2D eigenvalue weighted by atomic mass is 79.9. The number of alkyl halides is 1. The van der Waals surface area contributed by atoms with Crippen LogP contribution >= 0.6 is 15.9 Å². The molecule has 0 radical (unpaired) electrons. The molecule has 14 heavy (non-hydrogen) atoms. The van der Waals surface area contributed by atoms with Crippen LogP contribution < -0.4 is 5.32 Å². The molecule has 72 valence electrons. The van der Waals surface area contributed by atoms with Crippen LogP contribution in [0.3, 0.4) is 0 Å². The molecular formula is C12H12BrN. The van der Waals surface area contributed by atoms with Crippen molar-refractivity contribution in [1.29, 1.82) is 0 Å². The molecule has 0 aromatic heterocycles. The summed E-state index contributed by atoms with van der Waals surface area (Å²) in [7, 11) is 0. The quantitative estimate of drug-likeness (QED) is 0.820. The maximum absolute atomic E-state index is 3.41. The van der Waals surface area contributed by atoms with Crippen LogP contribution in [0.25, 0.3) is 10.8 Å². The predicted octanol–water partition coefficient (Wildman–Crippen LogP) is 3.65. The third-order valence-electron chi connectivity index (χ3n) is 2.20. The topological polar surface area (TPSA) is 12.0 Å². The summed E-state index contributed by atoms with van der Waals surface area (Å²) in [4.78, 5) is 0. The smallest absolute Gasteiger partial charge is 0.0420 e. The lowest BCUT2D eigenvalue weighted by atomic mass is 10.1. The summed E-state index contributed by atoms with van der Waals surface area (Å²) in [5, 5.41) is 6.93. The van der Waals surface area contributed by atoms with E-state index in [1.807, 2.05) is 0 Å². The third kappa shape index (κ3) is 1.90. The molecule has 2 aromatic rings. The summed E-state index contributed by atoms with van der Waals surface area (Å²) in [6.07, 6.45) is 0. The molecule has 2 aromatic carbocycles. The van der Waals surface area contributed by atoms with Gasteiger partial charge in [0.1, 0.15) is 0 Å². The Morgan fingerprint density at radius 2 is 1.79 bits per heavy atom. The number of nitrogens with one attached hydrogen (secondary N) is 1. The van der Waals surface area contributed by atoms with E-state index in [4.69, 9.17) is 0 Å². The third-order valence-corrected chi connectivity index (χ3v) is 2.60. The molecule has 0 fully saturated rings. The number of benzene rings is 2. The maximum atomic E-state index is 3.41. The Labute approximate surface area is 92.3 Å². The average Bonchev–Trinajstić information content (AvgIpc) is 2.26. The second kappa shape index (κ2) is 4.47. The van der Waals surface area contributed by atoms with E-state index in [1.165, 1.54) is 16.5 Å². The van der Waals surface area contributed by atoms with Gasteiger partial charge in [0, 0.05) is 22.9 Å². The highest BCUT2D eigenvalue weighted by molar-refractivity contribution is 9.09. The molecule has 0 saturated carbocycles. The normalized spacial score (nSPS) is 10.4. The van der Waals surface area contributed by atoms with Crippen LogP contribution in [0.15, 0.2) is 42.5 Å². The van der Waals surface area contributed by atoms with Gasteiger partial charge in [0.05, 0.1) is 0 Å². The van der Waals surface area contributed by atoms with E-state index in [0.29, 0.717) is 0 Å². The molecule has 0 unspecified atom stereocenters. The fraction of sp³-hybridized carbons (Fsp3) is 0.167. The average molecular weight is 250 g/mol. The van der Waals surface area contributed by atoms with Crippen molar-refractivity contribution in [3.05, 3.63) is 42.5 Å². The summed E-state index contributed by atoms with van der Waals surface area (Å²) < 4.78 is 0. The molecule has 0 aliphatic carbocycles. The van der Waals surface area contributed by atoms with Gasteiger partial charge in [-0.1, -0.05) is 52.3 Å². The van der Waals surface area contributed by atoms with Gasteiger partial charge in [-0.05, 0) is 11.5 Å². The van der Waals surface area contributed by atoms with Gasteiger partial charge in [-0.25, -0.2) is 0 Å². The van der Waals surface area contributed by atoms with Crippen molar-refractivity contribution in [3.8, 4) is 0 Å². The molecule has 0 amide bonds. The van der Waals surface area contributed by atoms with E-state index in [0.717, 1.165) is 11.9 Å². The van der Waals surface area contributed by atoms with E-state index in [1.54, 1.807) is 0 Å². The van der Waals surface area contributed by atoms with Crippen molar-refractivity contribution < 1.29 is 0 Å². The lowest BCUT2D eigenvalue weighted by Crippen LogP contribution is -2.02. The molecule has 2 rings (SSSR count). The van der Waals surface area contributed by atoms with Gasteiger partial charge < -0.3 is 5.32 Å². The Morgan fingerprint density at radius 1 is 1.00 bits per heavy atom. The van der Waals surface area contributed by atoms with Crippen LogP contribution in [0.2, 0.25) is 0 Å². The molecule has 0 heterocycles. The molecule has 0 bridgehead atoms. The van der Waals surface area contributed by atoms with E-state index in [9.17, 15) is 0 Å². The minimum atomic E-state index is 0.952. The number of rotatable bonds is 3. The zero-order valence-electron chi connectivity index (χ0n) is 7.83. The van der Waals surface area contributed by atoms with Crippen molar-refractivity contribution >= 4 is 32.4 Å². The number of hydrogen-bond acceptors (Lipinski definition) is 1. The first-order valence-electron chi connectivity index (χ1n) is 4.69. The van der Waals surface area contributed by atoms with Gasteiger partial charge in [-0.2, -0.15) is 0 Å². The van der Waals surface area contributed by atoms with Gasteiger partial charge in [0.2, 0.25) is 0 Å². The van der Waals surface area contributed by atoms with Crippen LogP contribution in [0.4, 0.5) is 5.69 Å². The van der Waals surface area contributed by atoms with E-state index < -0.39 is 0 Å². The number of hydrogen-bond donors (Lipinski definition) is 1. The predicted molar refractivity (Wildman–Crippen MR) is 66.2 cm³/mol. The first-order chi connectivity index (χ1) is 6.92. The maximum Gasteiger partial charge on any atom is 0.0420 e. The second-order valence-corrected chi connectivity index (χ2v) is 3.94.